The molecule has 1 fully saturated rings. The van der Waals surface area contributed by atoms with Gasteiger partial charge in [0.1, 0.15) is 15.5 Å². The van der Waals surface area contributed by atoms with E-state index in [-0.39, 0.29) is 17.6 Å². The molecule has 0 unspecified atom stereocenters. The minimum Gasteiger partial charge on any atom is -0.338 e. The van der Waals surface area contributed by atoms with Crippen molar-refractivity contribution in [3.8, 4) is 11.3 Å². The number of nitrogens with one attached hydrogen (secondary N) is 1. The van der Waals surface area contributed by atoms with Crippen LogP contribution in [0.25, 0.3) is 21.5 Å². The minimum atomic E-state index is -0.301. The summed E-state index contributed by atoms with van der Waals surface area (Å²) < 4.78 is 13.3. The first-order chi connectivity index (χ1) is 13.9. The average Bonchev–Trinajstić information content (AvgIpc) is 3.06. The highest BCUT2D eigenvalue weighted by Gasteiger charge is 2.26. The van der Waals surface area contributed by atoms with Gasteiger partial charge in [-0.2, -0.15) is 0 Å². The van der Waals surface area contributed by atoms with E-state index in [9.17, 15) is 14.0 Å². The molecule has 3 aromatic rings. The van der Waals surface area contributed by atoms with E-state index in [1.807, 2.05) is 17.9 Å². The van der Waals surface area contributed by atoms with Crippen LogP contribution >= 0.6 is 11.3 Å². The Morgan fingerprint density at radius 1 is 1.14 bits per heavy atom. The molecule has 0 aliphatic carbocycles. The van der Waals surface area contributed by atoms with Gasteiger partial charge in [-0.15, -0.1) is 11.3 Å². The smallest absolute Gasteiger partial charge is 0.266 e. The van der Waals surface area contributed by atoms with E-state index in [0.717, 1.165) is 48.9 Å². The lowest BCUT2D eigenvalue weighted by atomic mass is 10.1. The fourth-order valence-electron chi connectivity index (χ4n) is 3.74. The second-order valence-corrected chi connectivity index (χ2v) is 8.35. The Bertz CT molecular complexity index is 1090. The van der Waals surface area contributed by atoms with Crippen LogP contribution in [0, 0.1) is 12.7 Å². The first-order valence-electron chi connectivity index (χ1n) is 9.71. The molecule has 1 aromatic carbocycles. The van der Waals surface area contributed by atoms with Gasteiger partial charge in [-0.1, -0.05) is 0 Å². The minimum absolute atomic E-state index is 0.0563. The van der Waals surface area contributed by atoms with E-state index in [2.05, 4.69) is 5.32 Å². The fraction of sp³-hybridized carbons (Fsp3) is 0.318. The number of fused-ring (bicyclic) bond motifs is 1. The second kappa shape index (κ2) is 7.91. The zero-order chi connectivity index (χ0) is 20.5. The van der Waals surface area contributed by atoms with Crippen LogP contribution in [-0.4, -0.2) is 34.8 Å². The highest BCUT2D eigenvalue weighted by Crippen LogP contribution is 2.39. The zero-order valence-corrected chi connectivity index (χ0v) is 17.2. The standard InChI is InChI=1S/C22H22FN3O2S/c1-13-12-17(15-6-8-16(23)9-7-15)25-21-18(13)19(24-14(2)27)20(29-21)22(28)26-10-4-3-5-11-26/h6-9,12H,3-5,10-11H2,1-2H3,(H,24,27). The highest BCUT2D eigenvalue weighted by atomic mass is 32.1. The lowest BCUT2D eigenvalue weighted by Gasteiger charge is -2.26. The second-order valence-electron chi connectivity index (χ2n) is 7.35. The van der Waals surface area contributed by atoms with Gasteiger partial charge in [-0.3, -0.25) is 9.59 Å². The van der Waals surface area contributed by atoms with Crippen LogP contribution in [0.4, 0.5) is 10.1 Å². The molecule has 0 radical (unpaired) electrons. The molecule has 150 valence electrons. The number of pyridine rings is 1. The summed E-state index contributed by atoms with van der Waals surface area (Å²) in [7, 11) is 0. The molecule has 0 spiro atoms. The van der Waals surface area contributed by atoms with E-state index in [1.54, 1.807) is 12.1 Å². The molecule has 29 heavy (non-hydrogen) atoms. The van der Waals surface area contributed by atoms with Gasteiger partial charge >= 0.3 is 0 Å². The van der Waals surface area contributed by atoms with E-state index >= 15 is 0 Å². The summed E-state index contributed by atoms with van der Waals surface area (Å²) in [5.41, 5.74) is 2.97. The van der Waals surface area contributed by atoms with E-state index in [4.69, 9.17) is 4.98 Å². The number of carbonyl (C=O) groups excluding carboxylic acids is 2. The number of nitrogens with zero attached hydrogens (tertiary/aromatic N) is 2. The Kier molecular flexibility index (Phi) is 5.32. The number of likely N-dealkylation sites (tertiary alicyclic amines) is 1. The monoisotopic (exact) mass is 411 g/mol. The Labute approximate surface area is 172 Å². The van der Waals surface area contributed by atoms with Crippen LogP contribution in [0.5, 0.6) is 0 Å². The summed E-state index contributed by atoms with van der Waals surface area (Å²) >= 11 is 1.30. The Morgan fingerprint density at radius 3 is 2.48 bits per heavy atom. The van der Waals surface area contributed by atoms with Gasteiger partial charge in [0.15, 0.2) is 0 Å². The van der Waals surface area contributed by atoms with Crippen molar-refractivity contribution in [2.24, 2.45) is 0 Å². The first-order valence-corrected chi connectivity index (χ1v) is 10.5. The first kappa shape index (κ1) is 19.5. The van der Waals surface area contributed by atoms with Gasteiger partial charge in [0.05, 0.1) is 11.4 Å². The number of rotatable bonds is 3. The van der Waals surface area contributed by atoms with Crippen molar-refractivity contribution in [1.82, 2.24) is 9.88 Å². The highest BCUT2D eigenvalue weighted by molar-refractivity contribution is 7.21. The van der Waals surface area contributed by atoms with E-state index in [1.165, 1.54) is 30.4 Å². The summed E-state index contributed by atoms with van der Waals surface area (Å²) in [6.07, 6.45) is 3.13. The van der Waals surface area contributed by atoms with Crippen LogP contribution < -0.4 is 5.32 Å². The molecule has 4 rings (SSSR count). The molecule has 1 saturated heterocycles. The normalized spacial score (nSPS) is 14.2. The molecule has 1 aliphatic rings. The van der Waals surface area contributed by atoms with Crippen molar-refractivity contribution >= 4 is 39.1 Å². The summed E-state index contributed by atoms with van der Waals surface area (Å²) in [6.45, 7) is 4.85. The third kappa shape index (κ3) is 3.87. The number of benzene rings is 1. The Balaban J connectivity index is 1.84. The number of hydrogen-bond donors (Lipinski definition) is 1. The maximum absolute atomic E-state index is 13.3. The molecule has 0 saturated carbocycles. The number of amides is 2. The molecular formula is C22H22FN3O2S. The molecule has 3 heterocycles. The number of hydrogen-bond acceptors (Lipinski definition) is 4. The maximum atomic E-state index is 13.3. The van der Waals surface area contributed by atoms with Crippen molar-refractivity contribution in [2.75, 3.05) is 18.4 Å². The summed E-state index contributed by atoms with van der Waals surface area (Å²) in [5, 5.41) is 3.65. The van der Waals surface area contributed by atoms with Crippen molar-refractivity contribution < 1.29 is 14.0 Å². The van der Waals surface area contributed by atoms with Gasteiger partial charge in [-0.25, -0.2) is 9.37 Å². The Morgan fingerprint density at radius 2 is 1.83 bits per heavy atom. The van der Waals surface area contributed by atoms with Crippen LogP contribution in [0.2, 0.25) is 0 Å². The van der Waals surface area contributed by atoms with Crippen molar-refractivity contribution in [3.63, 3.8) is 0 Å². The molecule has 5 nitrogen and oxygen atoms in total. The van der Waals surface area contributed by atoms with Crippen molar-refractivity contribution in [3.05, 3.63) is 46.6 Å². The number of halogens is 1. The van der Waals surface area contributed by atoms with Gasteiger partial charge < -0.3 is 10.2 Å². The topological polar surface area (TPSA) is 62.3 Å². The van der Waals surface area contributed by atoms with Crippen molar-refractivity contribution in [2.45, 2.75) is 33.1 Å². The Hall–Kier alpha value is -2.80. The van der Waals surface area contributed by atoms with Crippen LogP contribution in [0.3, 0.4) is 0 Å². The number of carbonyl (C=O) groups is 2. The summed E-state index contributed by atoms with van der Waals surface area (Å²) in [6, 6.07) is 8.08. The average molecular weight is 412 g/mol. The molecule has 1 aliphatic heterocycles. The van der Waals surface area contributed by atoms with Gasteiger partial charge in [-0.05, 0) is 62.1 Å². The predicted molar refractivity (Wildman–Crippen MR) is 114 cm³/mol. The van der Waals surface area contributed by atoms with Crippen molar-refractivity contribution in [1.29, 1.82) is 0 Å². The summed E-state index contributed by atoms with van der Waals surface area (Å²) in [4.78, 5) is 32.8. The number of thiophene rings is 1. The third-order valence-corrected chi connectivity index (χ3v) is 6.21. The largest absolute Gasteiger partial charge is 0.338 e. The fourth-order valence-corrected chi connectivity index (χ4v) is 4.91. The molecule has 7 heteroatoms. The SMILES string of the molecule is CC(=O)Nc1c(C(=O)N2CCCCC2)sc2nc(-c3ccc(F)cc3)cc(C)c12. The summed E-state index contributed by atoms with van der Waals surface area (Å²) in [5.74, 6) is -0.580. The molecule has 2 amide bonds. The molecule has 2 aromatic heterocycles. The number of anilines is 1. The van der Waals surface area contributed by atoms with Gasteiger partial charge in [0, 0.05) is 31.0 Å². The van der Waals surface area contributed by atoms with Crippen LogP contribution in [-0.2, 0) is 4.79 Å². The van der Waals surface area contributed by atoms with Crippen LogP contribution in [0.1, 0.15) is 41.4 Å². The van der Waals surface area contributed by atoms with Gasteiger partial charge in [0.25, 0.3) is 5.91 Å². The molecule has 0 atom stereocenters. The predicted octanol–water partition coefficient (Wildman–Crippen LogP) is 5.00. The lowest BCUT2D eigenvalue weighted by molar-refractivity contribution is -0.114. The van der Waals surface area contributed by atoms with E-state index in [0.29, 0.717) is 21.1 Å². The number of aromatic nitrogens is 1. The van der Waals surface area contributed by atoms with E-state index < -0.39 is 0 Å². The quantitative estimate of drug-likeness (QED) is 0.660. The zero-order valence-electron chi connectivity index (χ0n) is 16.4. The molecule has 0 bridgehead atoms. The lowest BCUT2D eigenvalue weighted by Crippen LogP contribution is -2.35. The maximum Gasteiger partial charge on any atom is 0.266 e. The molecule has 1 N–H and O–H groups in total. The van der Waals surface area contributed by atoms with Crippen LogP contribution in [0.15, 0.2) is 30.3 Å². The number of piperidine rings is 1. The number of aryl methyl sites for hydroxylation is 1. The van der Waals surface area contributed by atoms with Gasteiger partial charge in [0.2, 0.25) is 5.91 Å². The molecular weight excluding hydrogens is 389 g/mol. The third-order valence-electron chi connectivity index (χ3n) is 5.14.